The summed E-state index contributed by atoms with van der Waals surface area (Å²) in [6.45, 7) is 3.43. The van der Waals surface area contributed by atoms with Crippen molar-refractivity contribution >= 4 is 21.6 Å². The molecule has 0 aromatic heterocycles. The first-order chi connectivity index (χ1) is 10.2. The van der Waals surface area contributed by atoms with Gasteiger partial charge in [0.1, 0.15) is 12.4 Å². The lowest BCUT2D eigenvalue weighted by atomic mass is 10.3. The number of benzene rings is 2. The van der Waals surface area contributed by atoms with E-state index in [-0.39, 0.29) is 5.82 Å². The summed E-state index contributed by atoms with van der Waals surface area (Å²) in [7, 11) is 0. The van der Waals surface area contributed by atoms with Crippen LogP contribution in [0.5, 0.6) is 11.5 Å². The third-order valence-corrected chi connectivity index (χ3v) is 3.25. The fourth-order valence-corrected chi connectivity index (χ4v) is 2.16. The monoisotopic (exact) mass is 353 g/mol. The predicted molar refractivity (Wildman–Crippen MR) is 85.7 cm³/mol. The second-order valence-electron chi connectivity index (χ2n) is 4.28. The molecule has 0 aliphatic heterocycles. The van der Waals surface area contributed by atoms with Crippen molar-refractivity contribution in [1.29, 1.82) is 0 Å². The molecule has 0 fully saturated rings. The number of anilines is 1. The Morgan fingerprint density at radius 2 is 1.81 bits per heavy atom. The van der Waals surface area contributed by atoms with Crippen molar-refractivity contribution < 1.29 is 13.9 Å². The molecule has 2 aromatic rings. The zero-order chi connectivity index (χ0) is 15.1. The van der Waals surface area contributed by atoms with Crippen molar-refractivity contribution in [3.05, 3.63) is 52.8 Å². The molecule has 5 heteroatoms. The van der Waals surface area contributed by atoms with Crippen LogP contribution in [0.1, 0.15) is 6.92 Å². The fourth-order valence-electron chi connectivity index (χ4n) is 1.82. The van der Waals surface area contributed by atoms with Gasteiger partial charge in [0.15, 0.2) is 11.5 Å². The summed E-state index contributed by atoms with van der Waals surface area (Å²) in [6, 6.07) is 12.4. The standard InChI is InChI=1S/C16H17BrFNO2/c1-2-20-15-5-3-4-6-16(15)21-10-9-19-14-8-7-12(17)11-13(14)18/h3-8,11,19H,2,9-10H2,1H3. The van der Waals surface area contributed by atoms with Crippen LogP contribution in [0.15, 0.2) is 46.9 Å². The van der Waals surface area contributed by atoms with E-state index in [1.165, 1.54) is 6.07 Å². The van der Waals surface area contributed by atoms with Crippen molar-refractivity contribution in [3.63, 3.8) is 0 Å². The van der Waals surface area contributed by atoms with Gasteiger partial charge in [0, 0.05) is 11.0 Å². The summed E-state index contributed by atoms with van der Waals surface area (Å²) in [5.74, 6) is 1.12. The first kappa shape index (κ1) is 15.6. The Morgan fingerprint density at radius 3 is 2.48 bits per heavy atom. The number of rotatable bonds is 7. The molecule has 1 N–H and O–H groups in total. The topological polar surface area (TPSA) is 30.5 Å². The van der Waals surface area contributed by atoms with E-state index < -0.39 is 0 Å². The Balaban J connectivity index is 1.84. The Hall–Kier alpha value is -1.75. The largest absolute Gasteiger partial charge is 0.490 e. The molecular formula is C16H17BrFNO2. The molecule has 0 atom stereocenters. The van der Waals surface area contributed by atoms with E-state index in [1.54, 1.807) is 12.1 Å². The maximum atomic E-state index is 13.6. The Bertz CT molecular complexity index is 592. The van der Waals surface area contributed by atoms with Crippen LogP contribution in [-0.2, 0) is 0 Å². The molecule has 0 unspecified atom stereocenters. The predicted octanol–water partition coefficient (Wildman–Crippen LogP) is 4.48. The van der Waals surface area contributed by atoms with Crippen LogP contribution in [0.4, 0.5) is 10.1 Å². The number of hydrogen-bond donors (Lipinski definition) is 1. The third-order valence-electron chi connectivity index (χ3n) is 2.76. The molecule has 2 aromatic carbocycles. The molecule has 0 amide bonds. The van der Waals surface area contributed by atoms with Crippen LogP contribution in [-0.4, -0.2) is 19.8 Å². The molecule has 2 rings (SSSR count). The molecule has 0 spiro atoms. The number of nitrogens with one attached hydrogen (secondary N) is 1. The molecule has 0 saturated carbocycles. The summed E-state index contributed by atoms with van der Waals surface area (Å²) in [5, 5.41) is 3.00. The molecule has 0 bridgehead atoms. The summed E-state index contributed by atoms with van der Waals surface area (Å²) in [5.41, 5.74) is 0.458. The Kier molecular flexibility index (Phi) is 5.87. The lowest BCUT2D eigenvalue weighted by molar-refractivity contribution is 0.284. The highest BCUT2D eigenvalue weighted by atomic mass is 79.9. The minimum Gasteiger partial charge on any atom is -0.490 e. The highest BCUT2D eigenvalue weighted by Gasteiger charge is 2.04. The summed E-state index contributed by atoms with van der Waals surface area (Å²) >= 11 is 3.22. The molecule has 3 nitrogen and oxygen atoms in total. The first-order valence-corrected chi connectivity index (χ1v) is 7.53. The van der Waals surface area contributed by atoms with Gasteiger partial charge in [-0.3, -0.25) is 0 Å². The van der Waals surface area contributed by atoms with Crippen molar-refractivity contribution in [1.82, 2.24) is 0 Å². The van der Waals surface area contributed by atoms with Crippen molar-refractivity contribution in [2.45, 2.75) is 6.92 Å². The Morgan fingerprint density at radius 1 is 1.10 bits per heavy atom. The van der Waals surface area contributed by atoms with Crippen molar-refractivity contribution in [3.8, 4) is 11.5 Å². The van der Waals surface area contributed by atoms with Gasteiger partial charge >= 0.3 is 0 Å². The maximum absolute atomic E-state index is 13.6. The van der Waals surface area contributed by atoms with Crippen molar-refractivity contribution in [2.75, 3.05) is 25.1 Å². The van der Waals surface area contributed by atoms with E-state index in [9.17, 15) is 4.39 Å². The van der Waals surface area contributed by atoms with E-state index >= 15 is 0 Å². The van der Waals surface area contributed by atoms with Crippen LogP contribution in [0.2, 0.25) is 0 Å². The van der Waals surface area contributed by atoms with Gasteiger partial charge in [0.25, 0.3) is 0 Å². The fraction of sp³-hybridized carbons (Fsp3) is 0.250. The number of halogens is 2. The van der Waals surface area contributed by atoms with Gasteiger partial charge in [-0.15, -0.1) is 0 Å². The molecular weight excluding hydrogens is 337 g/mol. The second kappa shape index (κ2) is 7.88. The third kappa shape index (κ3) is 4.63. The average Bonchev–Trinajstić information content (AvgIpc) is 2.47. The number of para-hydroxylation sites is 2. The molecule has 112 valence electrons. The molecule has 0 heterocycles. The first-order valence-electron chi connectivity index (χ1n) is 6.74. The molecule has 0 radical (unpaired) electrons. The van der Waals surface area contributed by atoms with Crippen LogP contribution >= 0.6 is 15.9 Å². The smallest absolute Gasteiger partial charge is 0.161 e. The maximum Gasteiger partial charge on any atom is 0.161 e. The van der Waals surface area contributed by atoms with E-state index in [0.717, 1.165) is 5.75 Å². The van der Waals surface area contributed by atoms with E-state index in [0.29, 0.717) is 35.7 Å². The zero-order valence-corrected chi connectivity index (χ0v) is 13.3. The molecule has 0 aliphatic rings. The SMILES string of the molecule is CCOc1ccccc1OCCNc1ccc(Br)cc1F. The van der Waals surface area contributed by atoms with Gasteiger partial charge in [-0.1, -0.05) is 28.1 Å². The summed E-state index contributed by atoms with van der Waals surface area (Å²) < 4.78 is 25.5. The van der Waals surface area contributed by atoms with E-state index in [4.69, 9.17) is 9.47 Å². The summed E-state index contributed by atoms with van der Waals surface area (Å²) in [4.78, 5) is 0. The van der Waals surface area contributed by atoms with Crippen LogP contribution in [0.25, 0.3) is 0 Å². The quantitative estimate of drug-likeness (QED) is 0.744. The normalized spacial score (nSPS) is 10.2. The van der Waals surface area contributed by atoms with Crippen LogP contribution < -0.4 is 14.8 Å². The van der Waals surface area contributed by atoms with Gasteiger partial charge in [-0.25, -0.2) is 4.39 Å². The lowest BCUT2D eigenvalue weighted by Crippen LogP contribution is -2.12. The highest BCUT2D eigenvalue weighted by molar-refractivity contribution is 9.10. The highest BCUT2D eigenvalue weighted by Crippen LogP contribution is 2.26. The van der Waals surface area contributed by atoms with Gasteiger partial charge in [0.05, 0.1) is 12.3 Å². The van der Waals surface area contributed by atoms with Gasteiger partial charge in [-0.2, -0.15) is 0 Å². The summed E-state index contributed by atoms with van der Waals surface area (Å²) in [6.07, 6.45) is 0. The Labute approximate surface area is 132 Å². The minimum atomic E-state index is -0.293. The molecule has 0 aliphatic carbocycles. The number of hydrogen-bond acceptors (Lipinski definition) is 3. The van der Waals surface area contributed by atoms with Crippen LogP contribution in [0.3, 0.4) is 0 Å². The van der Waals surface area contributed by atoms with Crippen LogP contribution in [0, 0.1) is 5.82 Å². The van der Waals surface area contributed by atoms with Gasteiger partial charge < -0.3 is 14.8 Å². The second-order valence-corrected chi connectivity index (χ2v) is 5.19. The van der Waals surface area contributed by atoms with Crippen molar-refractivity contribution in [2.24, 2.45) is 0 Å². The van der Waals surface area contributed by atoms with Gasteiger partial charge in [0.2, 0.25) is 0 Å². The lowest BCUT2D eigenvalue weighted by Gasteiger charge is -2.12. The zero-order valence-electron chi connectivity index (χ0n) is 11.7. The van der Waals surface area contributed by atoms with E-state index in [2.05, 4.69) is 21.2 Å². The minimum absolute atomic E-state index is 0.293. The number of ether oxygens (including phenoxy) is 2. The molecule has 0 saturated heterocycles. The van der Waals surface area contributed by atoms with E-state index in [1.807, 2.05) is 31.2 Å². The average molecular weight is 354 g/mol. The molecule has 21 heavy (non-hydrogen) atoms. The van der Waals surface area contributed by atoms with Gasteiger partial charge in [-0.05, 0) is 37.3 Å².